The zero-order chi connectivity index (χ0) is 16.3. The molecule has 0 saturated carbocycles. The molecule has 11 heteroatoms. The average Bonchev–Trinajstić information content (AvgIpc) is 2.47. The summed E-state index contributed by atoms with van der Waals surface area (Å²) in [5.74, 6) is 0.713. The van der Waals surface area contributed by atoms with Gasteiger partial charge < -0.3 is 18.7 Å². The van der Waals surface area contributed by atoms with Crippen LogP contribution in [0.2, 0.25) is 0 Å². The third-order valence-corrected chi connectivity index (χ3v) is 4.98. The van der Waals surface area contributed by atoms with E-state index in [-0.39, 0.29) is 29.1 Å². The van der Waals surface area contributed by atoms with Gasteiger partial charge in [0.05, 0.1) is 24.6 Å². The first-order valence-electron chi connectivity index (χ1n) is 6.56. The lowest BCUT2D eigenvalue weighted by Gasteiger charge is -2.28. The van der Waals surface area contributed by atoms with E-state index in [0.29, 0.717) is 24.6 Å². The van der Waals surface area contributed by atoms with Gasteiger partial charge in [0.2, 0.25) is 5.82 Å². The van der Waals surface area contributed by atoms with Crippen molar-refractivity contribution in [3.05, 3.63) is 10.1 Å². The molecule has 1 aliphatic rings. The van der Waals surface area contributed by atoms with Crippen molar-refractivity contribution >= 4 is 33.9 Å². The minimum Gasteiger partial charge on any atom is -0.616 e. The highest BCUT2D eigenvalue weighted by atomic mass is 32.2. The maximum absolute atomic E-state index is 11.7. The molecule has 22 heavy (non-hydrogen) atoms. The summed E-state index contributed by atoms with van der Waals surface area (Å²) in [7, 11) is 0. The van der Waals surface area contributed by atoms with E-state index in [1.54, 1.807) is 11.8 Å². The normalized spacial score (nSPS) is 17.4. The van der Waals surface area contributed by atoms with Crippen molar-refractivity contribution in [1.29, 1.82) is 0 Å². The molecule has 0 aliphatic carbocycles. The highest BCUT2D eigenvalue weighted by Crippen LogP contribution is 2.35. The van der Waals surface area contributed by atoms with Crippen LogP contribution in [0, 0.1) is 10.1 Å². The van der Waals surface area contributed by atoms with Crippen LogP contribution in [-0.2, 0) is 22.4 Å². The Morgan fingerprint density at radius 2 is 2.05 bits per heavy atom. The summed E-state index contributed by atoms with van der Waals surface area (Å²) in [6, 6.07) is 0. The molecule has 0 amide bonds. The molecule has 122 valence electrons. The Bertz CT molecular complexity index is 552. The zero-order valence-corrected chi connectivity index (χ0v) is 13.8. The van der Waals surface area contributed by atoms with Gasteiger partial charge in [0.15, 0.2) is 0 Å². The summed E-state index contributed by atoms with van der Waals surface area (Å²) in [5.41, 5.74) is -0.344. The molecule has 0 radical (unpaired) electrons. The molecule has 1 aliphatic heterocycles. The molecule has 9 nitrogen and oxygen atoms in total. The van der Waals surface area contributed by atoms with Crippen molar-refractivity contribution in [3.8, 4) is 5.88 Å². The summed E-state index contributed by atoms with van der Waals surface area (Å²) < 4.78 is 28.3. The fourth-order valence-electron chi connectivity index (χ4n) is 2.00. The van der Waals surface area contributed by atoms with E-state index in [2.05, 4.69) is 9.97 Å². The van der Waals surface area contributed by atoms with E-state index in [0.717, 1.165) is 0 Å². The fraction of sp³-hybridized carbons (Fsp3) is 0.636. The first kappa shape index (κ1) is 17.1. The molecule has 1 unspecified atom stereocenters. The zero-order valence-electron chi connectivity index (χ0n) is 12.2. The van der Waals surface area contributed by atoms with Crippen LogP contribution in [-0.4, -0.2) is 61.5 Å². The molecule has 1 aromatic heterocycles. The van der Waals surface area contributed by atoms with Crippen LogP contribution in [0.1, 0.15) is 6.92 Å². The monoisotopic (exact) mass is 348 g/mol. The minimum atomic E-state index is -1.50. The highest BCUT2D eigenvalue weighted by Gasteiger charge is 2.34. The Morgan fingerprint density at radius 1 is 1.41 bits per heavy atom. The van der Waals surface area contributed by atoms with Gasteiger partial charge in [-0.3, -0.25) is 10.1 Å². The van der Waals surface area contributed by atoms with Crippen LogP contribution >= 0.6 is 0 Å². The second-order valence-electron chi connectivity index (χ2n) is 4.46. The molecule has 1 aromatic rings. The molecule has 0 spiro atoms. The van der Waals surface area contributed by atoms with E-state index in [1.807, 2.05) is 0 Å². The second-order valence-corrected chi connectivity index (χ2v) is 7.43. The number of nitro groups is 1. The Morgan fingerprint density at radius 3 is 2.55 bits per heavy atom. The molecule has 0 aromatic carbocycles. The molecule has 0 N–H and O–H groups in total. The molecule has 2 heterocycles. The molecule has 1 atom stereocenters. The van der Waals surface area contributed by atoms with Gasteiger partial charge in [-0.2, -0.15) is 4.98 Å². The van der Waals surface area contributed by atoms with Crippen molar-refractivity contribution < 1.29 is 18.8 Å². The van der Waals surface area contributed by atoms with E-state index in [9.17, 15) is 19.2 Å². The summed E-state index contributed by atoms with van der Waals surface area (Å²) in [6.45, 7) is 2.63. The third kappa shape index (κ3) is 3.72. The first-order chi connectivity index (χ1) is 10.4. The SMILES string of the molecule is CCOc1nc([S+](C)[O-])nc(N2CC[S+]([O-])CC2)c1[N+](=O)[O-]. The van der Waals surface area contributed by atoms with Gasteiger partial charge in [-0.1, -0.05) is 11.2 Å². The topological polar surface area (TPSA) is 128 Å². The molecular weight excluding hydrogens is 332 g/mol. The Hall–Kier alpha value is -1.30. The van der Waals surface area contributed by atoms with Crippen LogP contribution in [0.25, 0.3) is 0 Å². The first-order valence-corrected chi connectivity index (χ1v) is 9.61. The van der Waals surface area contributed by atoms with Gasteiger partial charge in [0, 0.05) is 11.2 Å². The van der Waals surface area contributed by atoms with E-state index in [1.165, 1.54) is 6.26 Å². The predicted molar refractivity (Wildman–Crippen MR) is 82.3 cm³/mol. The van der Waals surface area contributed by atoms with E-state index < -0.39 is 27.3 Å². The average molecular weight is 348 g/mol. The van der Waals surface area contributed by atoms with Crippen LogP contribution < -0.4 is 9.64 Å². The van der Waals surface area contributed by atoms with Crippen LogP contribution in [0.3, 0.4) is 0 Å². The van der Waals surface area contributed by atoms with Crippen molar-refractivity contribution in [2.75, 3.05) is 42.4 Å². The number of anilines is 1. The maximum Gasteiger partial charge on any atom is 0.373 e. The van der Waals surface area contributed by atoms with Gasteiger partial charge in [-0.25, -0.2) is 0 Å². The summed E-state index contributed by atoms with van der Waals surface area (Å²) in [4.78, 5) is 20.4. The lowest BCUT2D eigenvalue weighted by Crippen LogP contribution is -2.41. The van der Waals surface area contributed by atoms with Gasteiger partial charge in [0.1, 0.15) is 17.8 Å². The molecular formula is C11H16N4O5S2. The molecule has 1 saturated heterocycles. The van der Waals surface area contributed by atoms with Crippen LogP contribution in [0.4, 0.5) is 11.5 Å². The predicted octanol–water partition coefficient (Wildman–Crippen LogP) is 0.0896. The van der Waals surface area contributed by atoms with E-state index >= 15 is 0 Å². The number of hydrogen-bond donors (Lipinski definition) is 0. The summed E-state index contributed by atoms with van der Waals surface area (Å²) in [5, 5.41) is 11.4. The quantitative estimate of drug-likeness (QED) is 0.317. The van der Waals surface area contributed by atoms with Crippen LogP contribution in [0.5, 0.6) is 5.88 Å². The maximum atomic E-state index is 11.7. The summed E-state index contributed by atoms with van der Waals surface area (Å²) in [6.07, 6.45) is 1.39. The fourth-order valence-corrected chi connectivity index (χ4v) is 3.48. The van der Waals surface area contributed by atoms with Gasteiger partial charge in [-0.15, -0.1) is 4.98 Å². The Kier molecular flexibility index (Phi) is 5.67. The second kappa shape index (κ2) is 7.31. The number of hydrogen-bond acceptors (Lipinski definition) is 8. The lowest BCUT2D eigenvalue weighted by atomic mass is 10.4. The number of nitrogens with zero attached hydrogens (tertiary/aromatic N) is 4. The minimum absolute atomic E-state index is 0.0178. The smallest absolute Gasteiger partial charge is 0.373 e. The molecule has 0 bridgehead atoms. The van der Waals surface area contributed by atoms with Crippen molar-refractivity contribution in [3.63, 3.8) is 0 Å². The Balaban J connectivity index is 2.50. The molecule has 1 fully saturated rings. The standard InChI is InChI=1S/C11H16N4O5S2/c1-3-20-10-8(15(16)17)9(12-11(13-10)21(2)18)14-4-6-22(19)7-5-14/h3-7H2,1-2H3. The number of aromatic nitrogens is 2. The van der Waals surface area contributed by atoms with Gasteiger partial charge >= 0.3 is 16.7 Å². The number of rotatable bonds is 5. The van der Waals surface area contributed by atoms with Crippen molar-refractivity contribution in [2.45, 2.75) is 12.1 Å². The van der Waals surface area contributed by atoms with Crippen molar-refractivity contribution in [2.24, 2.45) is 0 Å². The number of ether oxygens (including phenoxy) is 1. The highest BCUT2D eigenvalue weighted by molar-refractivity contribution is 7.91. The third-order valence-electron chi connectivity index (χ3n) is 3.01. The van der Waals surface area contributed by atoms with Gasteiger partial charge in [0.25, 0.3) is 0 Å². The largest absolute Gasteiger partial charge is 0.616 e. The van der Waals surface area contributed by atoms with E-state index in [4.69, 9.17) is 4.74 Å². The summed E-state index contributed by atoms with van der Waals surface area (Å²) >= 11 is -2.42. The Labute approximate surface area is 133 Å². The molecule has 2 rings (SSSR count). The van der Waals surface area contributed by atoms with Crippen LogP contribution in [0.15, 0.2) is 5.16 Å². The lowest BCUT2D eigenvalue weighted by molar-refractivity contribution is -0.385. The van der Waals surface area contributed by atoms with Gasteiger partial charge in [-0.05, 0) is 6.92 Å². The van der Waals surface area contributed by atoms with Crippen molar-refractivity contribution in [1.82, 2.24) is 9.97 Å².